The minimum absolute atomic E-state index is 0.0626. The van der Waals surface area contributed by atoms with Gasteiger partial charge in [-0.2, -0.15) is 0 Å². The van der Waals surface area contributed by atoms with Crippen LogP contribution in [-0.4, -0.2) is 5.11 Å². The van der Waals surface area contributed by atoms with Crippen molar-refractivity contribution in [1.29, 1.82) is 0 Å². The Labute approximate surface area is 110 Å². The monoisotopic (exact) mass is 264 g/mol. The molecule has 0 heterocycles. The van der Waals surface area contributed by atoms with Crippen LogP contribution in [0.2, 0.25) is 0 Å². The Morgan fingerprint density at radius 3 is 2.63 bits per heavy atom. The molecule has 0 aliphatic rings. The SMILES string of the molecule is C[C@@H](O)c1cccc(OCc2cccc(F)c2F)c1. The molecule has 0 bridgehead atoms. The van der Waals surface area contributed by atoms with E-state index in [1.54, 1.807) is 31.2 Å². The Kier molecular flexibility index (Phi) is 4.12. The molecule has 1 N–H and O–H groups in total. The van der Waals surface area contributed by atoms with Gasteiger partial charge in [-0.25, -0.2) is 8.78 Å². The van der Waals surface area contributed by atoms with Crippen LogP contribution in [0.1, 0.15) is 24.2 Å². The van der Waals surface area contributed by atoms with Gasteiger partial charge in [-0.1, -0.05) is 24.3 Å². The number of aliphatic hydroxyl groups excluding tert-OH is 1. The van der Waals surface area contributed by atoms with Gasteiger partial charge in [0.1, 0.15) is 12.4 Å². The molecule has 0 spiro atoms. The Morgan fingerprint density at radius 2 is 1.89 bits per heavy atom. The van der Waals surface area contributed by atoms with Gasteiger partial charge in [0.15, 0.2) is 11.6 Å². The summed E-state index contributed by atoms with van der Waals surface area (Å²) in [6.07, 6.45) is -0.602. The third-order valence-electron chi connectivity index (χ3n) is 2.77. The molecule has 2 nitrogen and oxygen atoms in total. The molecule has 0 fully saturated rings. The molecule has 2 aromatic carbocycles. The molecule has 0 aliphatic carbocycles. The molecule has 0 aliphatic heterocycles. The van der Waals surface area contributed by atoms with Crippen molar-refractivity contribution in [3.8, 4) is 5.75 Å². The fourth-order valence-corrected chi connectivity index (χ4v) is 1.69. The largest absolute Gasteiger partial charge is 0.489 e. The van der Waals surface area contributed by atoms with Crippen LogP contribution >= 0.6 is 0 Å². The van der Waals surface area contributed by atoms with E-state index in [2.05, 4.69) is 0 Å². The number of ether oxygens (including phenoxy) is 1. The molecular formula is C15H14F2O2. The maximum atomic E-state index is 13.4. The number of benzene rings is 2. The maximum absolute atomic E-state index is 13.4. The number of hydrogen-bond acceptors (Lipinski definition) is 2. The van der Waals surface area contributed by atoms with Crippen molar-refractivity contribution in [3.05, 3.63) is 65.2 Å². The molecule has 1 atom stereocenters. The molecule has 19 heavy (non-hydrogen) atoms. The summed E-state index contributed by atoms with van der Waals surface area (Å²) in [6, 6.07) is 10.8. The molecule has 0 radical (unpaired) electrons. The number of hydrogen-bond donors (Lipinski definition) is 1. The van der Waals surface area contributed by atoms with Crippen molar-refractivity contribution < 1.29 is 18.6 Å². The van der Waals surface area contributed by atoms with Crippen LogP contribution in [0.4, 0.5) is 8.78 Å². The van der Waals surface area contributed by atoms with Gasteiger partial charge in [-0.3, -0.25) is 0 Å². The zero-order chi connectivity index (χ0) is 13.8. The first-order valence-corrected chi connectivity index (χ1v) is 5.91. The second-order valence-corrected chi connectivity index (χ2v) is 4.25. The van der Waals surface area contributed by atoms with Crippen LogP contribution in [0.5, 0.6) is 5.75 Å². The van der Waals surface area contributed by atoms with E-state index in [4.69, 9.17) is 4.74 Å². The van der Waals surface area contributed by atoms with Gasteiger partial charge in [0.25, 0.3) is 0 Å². The Hall–Kier alpha value is -1.94. The van der Waals surface area contributed by atoms with Crippen LogP contribution in [0.3, 0.4) is 0 Å². The topological polar surface area (TPSA) is 29.5 Å². The van der Waals surface area contributed by atoms with E-state index in [1.165, 1.54) is 12.1 Å². The Morgan fingerprint density at radius 1 is 1.16 bits per heavy atom. The summed E-state index contributed by atoms with van der Waals surface area (Å²) >= 11 is 0. The van der Waals surface area contributed by atoms with Gasteiger partial charge < -0.3 is 9.84 Å². The van der Waals surface area contributed by atoms with Gasteiger partial charge >= 0.3 is 0 Å². The predicted octanol–water partition coefficient (Wildman–Crippen LogP) is 3.60. The highest BCUT2D eigenvalue weighted by atomic mass is 19.2. The van der Waals surface area contributed by atoms with E-state index in [9.17, 15) is 13.9 Å². The van der Waals surface area contributed by atoms with Crippen molar-refractivity contribution >= 4 is 0 Å². The third kappa shape index (κ3) is 3.29. The quantitative estimate of drug-likeness (QED) is 0.914. The standard InChI is InChI=1S/C15H14F2O2/c1-10(18)11-4-2-6-13(8-11)19-9-12-5-3-7-14(16)15(12)17/h2-8,10,18H,9H2,1H3/t10-/m1/s1. The molecule has 0 amide bonds. The fraction of sp³-hybridized carbons (Fsp3) is 0.200. The van der Waals surface area contributed by atoms with E-state index in [0.29, 0.717) is 11.3 Å². The Balaban J connectivity index is 2.10. The zero-order valence-electron chi connectivity index (χ0n) is 10.4. The second-order valence-electron chi connectivity index (χ2n) is 4.25. The van der Waals surface area contributed by atoms with Crippen molar-refractivity contribution in [2.45, 2.75) is 19.6 Å². The molecular weight excluding hydrogens is 250 g/mol. The summed E-state index contributed by atoms with van der Waals surface area (Å²) in [6.45, 7) is 1.58. The van der Waals surface area contributed by atoms with Crippen molar-refractivity contribution in [2.75, 3.05) is 0 Å². The van der Waals surface area contributed by atoms with E-state index in [-0.39, 0.29) is 12.2 Å². The lowest BCUT2D eigenvalue weighted by Gasteiger charge is -2.10. The smallest absolute Gasteiger partial charge is 0.165 e. The highest BCUT2D eigenvalue weighted by Gasteiger charge is 2.08. The van der Waals surface area contributed by atoms with Gasteiger partial charge in [-0.05, 0) is 30.7 Å². The highest BCUT2D eigenvalue weighted by Crippen LogP contribution is 2.20. The number of rotatable bonds is 4. The first-order chi connectivity index (χ1) is 9.08. The molecule has 100 valence electrons. The van der Waals surface area contributed by atoms with E-state index in [1.807, 2.05) is 0 Å². The molecule has 0 saturated heterocycles. The van der Waals surface area contributed by atoms with Crippen molar-refractivity contribution in [2.24, 2.45) is 0 Å². The summed E-state index contributed by atoms with van der Waals surface area (Å²) in [7, 11) is 0. The lowest BCUT2D eigenvalue weighted by Crippen LogP contribution is -2.01. The fourth-order valence-electron chi connectivity index (χ4n) is 1.69. The molecule has 4 heteroatoms. The van der Waals surface area contributed by atoms with Crippen LogP contribution in [0.15, 0.2) is 42.5 Å². The summed E-state index contributed by atoms with van der Waals surface area (Å²) in [5.41, 5.74) is 0.861. The highest BCUT2D eigenvalue weighted by molar-refractivity contribution is 5.30. The minimum Gasteiger partial charge on any atom is -0.489 e. The van der Waals surface area contributed by atoms with Crippen LogP contribution in [0, 0.1) is 11.6 Å². The van der Waals surface area contributed by atoms with Gasteiger partial charge in [0.05, 0.1) is 6.10 Å². The van der Waals surface area contributed by atoms with Gasteiger partial charge in [0.2, 0.25) is 0 Å². The number of aliphatic hydroxyl groups is 1. The first-order valence-electron chi connectivity index (χ1n) is 5.91. The lowest BCUT2D eigenvalue weighted by molar-refractivity contribution is 0.198. The molecule has 2 aromatic rings. The molecule has 0 saturated carbocycles. The minimum atomic E-state index is -0.894. The summed E-state index contributed by atoms with van der Waals surface area (Å²) in [4.78, 5) is 0. The molecule has 2 rings (SSSR count). The lowest BCUT2D eigenvalue weighted by atomic mass is 10.1. The average Bonchev–Trinajstić information content (AvgIpc) is 2.41. The maximum Gasteiger partial charge on any atom is 0.165 e. The normalized spacial score (nSPS) is 12.2. The number of halogens is 2. The third-order valence-corrected chi connectivity index (χ3v) is 2.77. The second kappa shape index (κ2) is 5.80. The average molecular weight is 264 g/mol. The predicted molar refractivity (Wildman–Crippen MR) is 67.8 cm³/mol. The Bertz CT molecular complexity index is 568. The summed E-state index contributed by atoms with van der Waals surface area (Å²) < 4.78 is 31.8. The zero-order valence-corrected chi connectivity index (χ0v) is 10.4. The van der Waals surface area contributed by atoms with E-state index < -0.39 is 17.7 Å². The first kappa shape index (κ1) is 13.5. The van der Waals surface area contributed by atoms with E-state index in [0.717, 1.165) is 6.07 Å². The van der Waals surface area contributed by atoms with Gasteiger partial charge in [-0.15, -0.1) is 0 Å². The van der Waals surface area contributed by atoms with Crippen molar-refractivity contribution in [3.63, 3.8) is 0 Å². The van der Waals surface area contributed by atoms with Crippen LogP contribution < -0.4 is 4.74 Å². The van der Waals surface area contributed by atoms with Crippen LogP contribution in [0.25, 0.3) is 0 Å². The van der Waals surface area contributed by atoms with E-state index >= 15 is 0 Å². The molecule has 0 aromatic heterocycles. The van der Waals surface area contributed by atoms with Crippen molar-refractivity contribution in [1.82, 2.24) is 0 Å². The molecule has 0 unspecified atom stereocenters. The summed E-state index contributed by atoms with van der Waals surface area (Å²) in [5.74, 6) is -1.28. The van der Waals surface area contributed by atoms with Gasteiger partial charge in [0, 0.05) is 5.56 Å². The van der Waals surface area contributed by atoms with Crippen LogP contribution in [-0.2, 0) is 6.61 Å². The summed E-state index contributed by atoms with van der Waals surface area (Å²) in [5, 5.41) is 9.45.